The summed E-state index contributed by atoms with van der Waals surface area (Å²) in [5, 5.41) is 23.3. The smallest absolute Gasteiger partial charge is 0.326 e. The van der Waals surface area contributed by atoms with Crippen LogP contribution in [0.1, 0.15) is 38.5 Å². The second-order valence-corrected chi connectivity index (χ2v) is 6.29. The molecule has 0 spiro atoms. The van der Waals surface area contributed by atoms with Crippen molar-refractivity contribution in [3.8, 4) is 0 Å². The van der Waals surface area contributed by atoms with Gasteiger partial charge >= 0.3 is 18.0 Å². The first kappa shape index (κ1) is 17.6. The van der Waals surface area contributed by atoms with Crippen LogP contribution in [0.4, 0.5) is 4.79 Å². The van der Waals surface area contributed by atoms with Crippen LogP contribution in [0.3, 0.4) is 0 Å². The molecule has 0 radical (unpaired) electrons. The van der Waals surface area contributed by atoms with Gasteiger partial charge in [-0.05, 0) is 38.4 Å². The lowest BCUT2D eigenvalue weighted by molar-refractivity contribution is -0.140. The van der Waals surface area contributed by atoms with Gasteiger partial charge in [0.2, 0.25) is 0 Å². The Morgan fingerprint density at radius 3 is 2.29 bits per heavy atom. The third-order valence-electron chi connectivity index (χ3n) is 3.59. The standard InChI is InChI=1S/C13H22N2O5S/c1-21-9-4-2-8(3-5-9)14-13(20)15-10(12(18)19)6-7-11(16)17/h8-10H,2-7H2,1H3,(H,16,17)(H,18,19)(H2,14,15,20). The average Bonchev–Trinajstić information content (AvgIpc) is 2.43. The predicted molar refractivity (Wildman–Crippen MR) is 79.5 cm³/mol. The largest absolute Gasteiger partial charge is 0.481 e. The number of thioether (sulfide) groups is 1. The van der Waals surface area contributed by atoms with E-state index in [0.29, 0.717) is 5.25 Å². The molecule has 0 aromatic rings. The van der Waals surface area contributed by atoms with E-state index in [2.05, 4.69) is 16.9 Å². The summed E-state index contributed by atoms with van der Waals surface area (Å²) in [6.07, 6.45) is 5.48. The van der Waals surface area contributed by atoms with Gasteiger partial charge in [0.05, 0.1) is 0 Å². The molecule has 21 heavy (non-hydrogen) atoms. The second-order valence-electron chi connectivity index (χ2n) is 5.15. The number of carboxylic acids is 2. The Bertz CT molecular complexity index is 383. The molecule has 1 fully saturated rings. The molecule has 1 saturated carbocycles. The van der Waals surface area contributed by atoms with Crippen molar-refractivity contribution in [1.29, 1.82) is 0 Å². The highest BCUT2D eigenvalue weighted by Crippen LogP contribution is 2.26. The first-order valence-corrected chi connectivity index (χ1v) is 8.25. The Morgan fingerprint density at radius 2 is 1.81 bits per heavy atom. The molecule has 0 aliphatic heterocycles. The molecule has 0 bridgehead atoms. The number of carbonyl (C=O) groups excluding carboxylic acids is 1. The first-order valence-electron chi connectivity index (χ1n) is 6.96. The summed E-state index contributed by atoms with van der Waals surface area (Å²) < 4.78 is 0. The zero-order chi connectivity index (χ0) is 15.8. The first-order chi connectivity index (χ1) is 9.92. The molecule has 1 unspecified atom stereocenters. The predicted octanol–water partition coefficient (Wildman–Crippen LogP) is 1.28. The Morgan fingerprint density at radius 1 is 1.19 bits per heavy atom. The number of rotatable bonds is 7. The van der Waals surface area contributed by atoms with E-state index in [0.717, 1.165) is 25.7 Å². The summed E-state index contributed by atoms with van der Waals surface area (Å²) in [5.74, 6) is -2.31. The maximum atomic E-state index is 11.8. The van der Waals surface area contributed by atoms with Crippen LogP contribution in [-0.4, -0.2) is 51.8 Å². The van der Waals surface area contributed by atoms with E-state index in [-0.39, 0.29) is 18.9 Å². The molecule has 1 aliphatic rings. The number of nitrogens with one attached hydrogen (secondary N) is 2. The van der Waals surface area contributed by atoms with Crippen molar-refractivity contribution in [2.24, 2.45) is 0 Å². The summed E-state index contributed by atoms with van der Waals surface area (Å²) in [4.78, 5) is 33.2. The molecule has 0 heterocycles. The number of urea groups is 1. The van der Waals surface area contributed by atoms with Crippen LogP contribution in [0.2, 0.25) is 0 Å². The fraction of sp³-hybridized carbons (Fsp3) is 0.769. The van der Waals surface area contributed by atoms with Crippen LogP contribution in [-0.2, 0) is 9.59 Å². The number of aliphatic carboxylic acids is 2. The van der Waals surface area contributed by atoms with Crippen molar-refractivity contribution in [3.63, 3.8) is 0 Å². The highest BCUT2D eigenvalue weighted by molar-refractivity contribution is 7.99. The Balaban J connectivity index is 2.36. The van der Waals surface area contributed by atoms with E-state index < -0.39 is 24.0 Å². The number of carbonyl (C=O) groups is 3. The van der Waals surface area contributed by atoms with Crippen molar-refractivity contribution < 1.29 is 24.6 Å². The topological polar surface area (TPSA) is 116 Å². The van der Waals surface area contributed by atoms with Crippen molar-refractivity contribution in [3.05, 3.63) is 0 Å². The number of carboxylic acid groups (broad SMARTS) is 2. The summed E-state index contributed by atoms with van der Waals surface area (Å²) in [7, 11) is 0. The van der Waals surface area contributed by atoms with Crippen LogP contribution in [0.15, 0.2) is 0 Å². The maximum absolute atomic E-state index is 11.8. The van der Waals surface area contributed by atoms with E-state index in [1.54, 1.807) is 0 Å². The third-order valence-corrected chi connectivity index (χ3v) is 4.73. The van der Waals surface area contributed by atoms with Gasteiger partial charge in [0.1, 0.15) is 6.04 Å². The van der Waals surface area contributed by atoms with Gasteiger partial charge in [0, 0.05) is 17.7 Å². The number of hydrogen-bond acceptors (Lipinski definition) is 4. The normalized spacial score (nSPS) is 23.1. The highest BCUT2D eigenvalue weighted by atomic mass is 32.2. The van der Waals surface area contributed by atoms with Crippen molar-refractivity contribution in [2.45, 2.75) is 55.9 Å². The lowest BCUT2D eigenvalue weighted by Gasteiger charge is -2.28. The van der Waals surface area contributed by atoms with E-state index in [1.807, 2.05) is 11.8 Å². The zero-order valence-corrected chi connectivity index (χ0v) is 12.8. The van der Waals surface area contributed by atoms with Crippen molar-refractivity contribution in [1.82, 2.24) is 10.6 Å². The quantitative estimate of drug-likeness (QED) is 0.562. The van der Waals surface area contributed by atoms with Gasteiger partial charge < -0.3 is 20.8 Å². The Labute approximate surface area is 127 Å². The van der Waals surface area contributed by atoms with E-state index in [4.69, 9.17) is 10.2 Å². The monoisotopic (exact) mass is 318 g/mol. The molecule has 8 heteroatoms. The number of amides is 2. The SMILES string of the molecule is CSC1CCC(NC(=O)NC(CCC(=O)O)C(=O)O)CC1. The highest BCUT2D eigenvalue weighted by Gasteiger charge is 2.24. The summed E-state index contributed by atoms with van der Waals surface area (Å²) in [6.45, 7) is 0. The van der Waals surface area contributed by atoms with E-state index in [9.17, 15) is 14.4 Å². The maximum Gasteiger partial charge on any atom is 0.326 e. The van der Waals surface area contributed by atoms with Crippen LogP contribution in [0.5, 0.6) is 0 Å². The molecule has 1 rings (SSSR count). The number of hydrogen-bond donors (Lipinski definition) is 4. The molecule has 7 nitrogen and oxygen atoms in total. The third kappa shape index (κ3) is 6.70. The zero-order valence-electron chi connectivity index (χ0n) is 12.0. The van der Waals surface area contributed by atoms with Crippen LogP contribution in [0.25, 0.3) is 0 Å². The molecule has 1 aliphatic carbocycles. The molecule has 1 atom stereocenters. The molecule has 4 N–H and O–H groups in total. The van der Waals surface area contributed by atoms with Crippen LogP contribution in [0, 0.1) is 0 Å². The van der Waals surface area contributed by atoms with Gasteiger partial charge in [-0.1, -0.05) is 0 Å². The van der Waals surface area contributed by atoms with Gasteiger partial charge in [-0.3, -0.25) is 4.79 Å². The van der Waals surface area contributed by atoms with Gasteiger partial charge in [-0.25, -0.2) is 9.59 Å². The summed E-state index contributed by atoms with van der Waals surface area (Å²) >= 11 is 1.83. The molecule has 120 valence electrons. The van der Waals surface area contributed by atoms with Gasteiger partial charge in [0.25, 0.3) is 0 Å². The van der Waals surface area contributed by atoms with Crippen molar-refractivity contribution >= 4 is 29.7 Å². The molecule has 0 aromatic carbocycles. The Hall–Kier alpha value is -1.44. The summed E-state index contributed by atoms with van der Waals surface area (Å²) in [5.41, 5.74) is 0. The molecular weight excluding hydrogens is 296 g/mol. The average molecular weight is 318 g/mol. The van der Waals surface area contributed by atoms with Crippen LogP contribution >= 0.6 is 11.8 Å². The van der Waals surface area contributed by atoms with Gasteiger partial charge in [-0.2, -0.15) is 11.8 Å². The molecule has 0 saturated heterocycles. The van der Waals surface area contributed by atoms with Crippen LogP contribution < -0.4 is 10.6 Å². The summed E-state index contributed by atoms with van der Waals surface area (Å²) in [6, 6.07) is -1.66. The van der Waals surface area contributed by atoms with E-state index >= 15 is 0 Å². The minimum absolute atomic E-state index is 0.0577. The van der Waals surface area contributed by atoms with Gasteiger partial charge in [0.15, 0.2) is 0 Å². The molecule has 2 amide bonds. The lowest BCUT2D eigenvalue weighted by Crippen LogP contribution is -2.49. The Kier molecular flexibility index (Phi) is 7.35. The lowest BCUT2D eigenvalue weighted by atomic mass is 9.95. The minimum atomic E-state index is -1.22. The van der Waals surface area contributed by atoms with Gasteiger partial charge in [-0.15, -0.1) is 0 Å². The second kappa shape index (κ2) is 8.76. The van der Waals surface area contributed by atoms with Crippen molar-refractivity contribution in [2.75, 3.05) is 6.26 Å². The minimum Gasteiger partial charge on any atom is -0.481 e. The molecular formula is C13H22N2O5S. The fourth-order valence-corrected chi connectivity index (χ4v) is 3.10. The van der Waals surface area contributed by atoms with E-state index in [1.165, 1.54) is 0 Å². The molecule has 0 aromatic heterocycles. The fourth-order valence-electron chi connectivity index (χ4n) is 2.35.